The average Bonchev–Trinajstić information content (AvgIpc) is 2.55. The first-order valence-corrected chi connectivity index (χ1v) is 8.16. The van der Waals surface area contributed by atoms with Gasteiger partial charge in [0.25, 0.3) is 0 Å². The fourth-order valence-electron chi connectivity index (χ4n) is 3.14. The summed E-state index contributed by atoms with van der Waals surface area (Å²) in [5, 5.41) is 0. The van der Waals surface area contributed by atoms with Crippen LogP contribution in [-0.2, 0) is 23.9 Å². The molecule has 6 nitrogen and oxygen atoms in total. The Hall–Kier alpha value is -2.37. The SMILES string of the molecule is CCCC(=O)C1C(=O)CC(c2cccnc2)C(C(=O)OCC)C1=O. The molecule has 0 saturated heterocycles. The fourth-order valence-corrected chi connectivity index (χ4v) is 3.14. The molecule has 24 heavy (non-hydrogen) atoms. The Balaban J connectivity index is 2.39. The topological polar surface area (TPSA) is 90.4 Å². The number of Topliss-reactive ketones (excluding diaryl/α,β-unsaturated/α-hetero) is 3. The van der Waals surface area contributed by atoms with Gasteiger partial charge in [-0.05, 0) is 25.0 Å². The lowest BCUT2D eigenvalue weighted by Gasteiger charge is -2.32. The Morgan fingerprint density at radius 1 is 1.29 bits per heavy atom. The number of hydrogen-bond acceptors (Lipinski definition) is 6. The molecule has 0 amide bonds. The van der Waals surface area contributed by atoms with E-state index >= 15 is 0 Å². The number of rotatable bonds is 6. The van der Waals surface area contributed by atoms with Crippen LogP contribution in [-0.4, -0.2) is 34.9 Å². The van der Waals surface area contributed by atoms with Gasteiger partial charge in [-0.15, -0.1) is 0 Å². The van der Waals surface area contributed by atoms with Crippen LogP contribution in [0.4, 0.5) is 0 Å². The van der Waals surface area contributed by atoms with Crippen LogP contribution >= 0.6 is 0 Å². The van der Waals surface area contributed by atoms with E-state index in [1.807, 2.05) is 0 Å². The van der Waals surface area contributed by atoms with Gasteiger partial charge >= 0.3 is 5.97 Å². The third kappa shape index (κ3) is 3.58. The summed E-state index contributed by atoms with van der Waals surface area (Å²) in [6, 6.07) is 3.40. The third-order valence-electron chi connectivity index (χ3n) is 4.21. The predicted octanol–water partition coefficient (Wildman–Crippen LogP) is 1.87. The lowest BCUT2D eigenvalue weighted by atomic mass is 9.68. The molecule has 3 atom stereocenters. The van der Waals surface area contributed by atoms with Gasteiger partial charge in [-0.3, -0.25) is 24.2 Å². The predicted molar refractivity (Wildman–Crippen MR) is 85.1 cm³/mol. The van der Waals surface area contributed by atoms with Crippen molar-refractivity contribution in [1.29, 1.82) is 0 Å². The van der Waals surface area contributed by atoms with Crippen LogP contribution in [0.2, 0.25) is 0 Å². The van der Waals surface area contributed by atoms with Gasteiger partial charge < -0.3 is 4.74 Å². The van der Waals surface area contributed by atoms with Crippen LogP contribution in [0, 0.1) is 11.8 Å². The summed E-state index contributed by atoms with van der Waals surface area (Å²) < 4.78 is 5.02. The summed E-state index contributed by atoms with van der Waals surface area (Å²) in [7, 11) is 0. The minimum atomic E-state index is -1.34. The van der Waals surface area contributed by atoms with E-state index in [9.17, 15) is 19.2 Å². The van der Waals surface area contributed by atoms with Crippen molar-refractivity contribution in [3.8, 4) is 0 Å². The van der Waals surface area contributed by atoms with E-state index in [1.165, 1.54) is 6.20 Å². The average molecular weight is 331 g/mol. The van der Waals surface area contributed by atoms with Gasteiger partial charge in [0.15, 0.2) is 17.3 Å². The molecule has 6 heteroatoms. The third-order valence-corrected chi connectivity index (χ3v) is 4.21. The molecule has 1 fully saturated rings. The van der Waals surface area contributed by atoms with Crippen molar-refractivity contribution in [3.05, 3.63) is 30.1 Å². The zero-order valence-electron chi connectivity index (χ0n) is 13.9. The van der Waals surface area contributed by atoms with Crippen molar-refractivity contribution in [2.45, 2.75) is 39.0 Å². The van der Waals surface area contributed by atoms with E-state index in [0.29, 0.717) is 12.0 Å². The van der Waals surface area contributed by atoms with Gasteiger partial charge in [-0.1, -0.05) is 13.0 Å². The molecule has 2 rings (SSSR count). The van der Waals surface area contributed by atoms with Crippen molar-refractivity contribution in [2.24, 2.45) is 11.8 Å². The highest BCUT2D eigenvalue weighted by molar-refractivity contribution is 6.25. The molecule has 1 aliphatic rings. The van der Waals surface area contributed by atoms with Crippen molar-refractivity contribution in [1.82, 2.24) is 4.98 Å². The van der Waals surface area contributed by atoms with Crippen molar-refractivity contribution in [2.75, 3.05) is 6.61 Å². The number of carbonyl (C=O) groups excluding carboxylic acids is 4. The van der Waals surface area contributed by atoms with Crippen LogP contribution in [0.3, 0.4) is 0 Å². The molecule has 0 radical (unpaired) electrons. The van der Waals surface area contributed by atoms with E-state index in [4.69, 9.17) is 4.74 Å². The normalized spacial score (nSPS) is 23.8. The highest BCUT2D eigenvalue weighted by Crippen LogP contribution is 2.37. The summed E-state index contributed by atoms with van der Waals surface area (Å²) in [5.41, 5.74) is 0.624. The number of aromatic nitrogens is 1. The molecule has 1 aromatic heterocycles. The molecule has 1 aromatic rings. The van der Waals surface area contributed by atoms with Gasteiger partial charge in [0.2, 0.25) is 0 Å². The highest BCUT2D eigenvalue weighted by atomic mass is 16.5. The molecule has 1 aliphatic carbocycles. The number of ether oxygens (including phenoxy) is 1. The Bertz CT molecular complexity index is 640. The number of nitrogens with zero attached hydrogens (tertiary/aromatic N) is 1. The Morgan fingerprint density at radius 2 is 2.04 bits per heavy atom. The zero-order chi connectivity index (χ0) is 17.7. The van der Waals surface area contributed by atoms with Crippen LogP contribution < -0.4 is 0 Å². The monoisotopic (exact) mass is 331 g/mol. The van der Waals surface area contributed by atoms with Crippen LogP contribution in [0.5, 0.6) is 0 Å². The van der Waals surface area contributed by atoms with Crippen LogP contribution in [0.25, 0.3) is 0 Å². The molecule has 128 valence electrons. The molecule has 0 bridgehead atoms. The summed E-state index contributed by atoms with van der Waals surface area (Å²) in [4.78, 5) is 53.7. The first-order valence-electron chi connectivity index (χ1n) is 8.16. The Labute approximate surface area is 140 Å². The molecule has 0 N–H and O–H groups in total. The van der Waals surface area contributed by atoms with Gasteiger partial charge in [0.05, 0.1) is 6.61 Å². The second kappa shape index (κ2) is 7.95. The van der Waals surface area contributed by atoms with E-state index < -0.39 is 41.1 Å². The Morgan fingerprint density at radius 3 is 2.62 bits per heavy atom. The summed E-state index contributed by atoms with van der Waals surface area (Å²) in [6.07, 6.45) is 3.76. The first-order chi connectivity index (χ1) is 11.5. The highest BCUT2D eigenvalue weighted by Gasteiger charge is 2.50. The number of carbonyl (C=O) groups is 4. The van der Waals surface area contributed by atoms with E-state index in [1.54, 1.807) is 32.2 Å². The lowest BCUT2D eigenvalue weighted by molar-refractivity contribution is -0.157. The molecule has 0 aliphatic heterocycles. The summed E-state index contributed by atoms with van der Waals surface area (Å²) in [5.74, 6) is -5.28. The van der Waals surface area contributed by atoms with Gasteiger partial charge in [-0.25, -0.2) is 0 Å². The standard InChI is InChI=1S/C18H21NO5/c1-3-6-13(20)16-14(21)9-12(11-7-5-8-19-10-11)15(17(16)22)18(23)24-4-2/h5,7-8,10,12,15-16H,3-4,6,9H2,1-2H3. The number of esters is 1. The number of ketones is 3. The maximum atomic E-state index is 12.8. The molecule has 1 heterocycles. The quantitative estimate of drug-likeness (QED) is 0.584. The molecular weight excluding hydrogens is 310 g/mol. The minimum absolute atomic E-state index is 0.0406. The van der Waals surface area contributed by atoms with E-state index in [0.717, 1.165) is 0 Å². The number of hydrogen-bond donors (Lipinski definition) is 0. The largest absolute Gasteiger partial charge is 0.465 e. The molecule has 1 saturated carbocycles. The first kappa shape index (κ1) is 18.0. The van der Waals surface area contributed by atoms with Crippen molar-refractivity contribution >= 4 is 23.3 Å². The maximum absolute atomic E-state index is 12.8. The lowest BCUT2D eigenvalue weighted by Crippen LogP contribution is -2.47. The molecule has 0 spiro atoms. The Kier molecular flexibility index (Phi) is 5.95. The van der Waals surface area contributed by atoms with Crippen LogP contribution in [0.1, 0.15) is 44.6 Å². The van der Waals surface area contributed by atoms with Gasteiger partial charge in [-0.2, -0.15) is 0 Å². The minimum Gasteiger partial charge on any atom is -0.465 e. The van der Waals surface area contributed by atoms with Gasteiger partial charge in [0, 0.05) is 31.2 Å². The van der Waals surface area contributed by atoms with Crippen molar-refractivity contribution in [3.63, 3.8) is 0 Å². The molecular formula is C18H21NO5. The molecule has 0 aromatic carbocycles. The van der Waals surface area contributed by atoms with Crippen LogP contribution in [0.15, 0.2) is 24.5 Å². The van der Waals surface area contributed by atoms with Crippen molar-refractivity contribution < 1.29 is 23.9 Å². The fraction of sp³-hybridized carbons (Fsp3) is 0.500. The zero-order valence-corrected chi connectivity index (χ0v) is 13.9. The van der Waals surface area contributed by atoms with Gasteiger partial charge in [0.1, 0.15) is 11.8 Å². The number of pyridine rings is 1. The molecule has 3 unspecified atom stereocenters. The summed E-state index contributed by atoms with van der Waals surface area (Å²) >= 11 is 0. The smallest absolute Gasteiger partial charge is 0.317 e. The van der Waals surface area contributed by atoms with E-state index in [-0.39, 0.29) is 19.4 Å². The second-order valence-corrected chi connectivity index (χ2v) is 5.84. The second-order valence-electron chi connectivity index (χ2n) is 5.84. The van der Waals surface area contributed by atoms with E-state index in [2.05, 4.69) is 4.98 Å². The maximum Gasteiger partial charge on any atom is 0.317 e. The summed E-state index contributed by atoms with van der Waals surface area (Å²) in [6.45, 7) is 3.58.